The molecule has 0 atom stereocenters. The first-order valence-electron chi connectivity index (χ1n) is 10.6. The number of halogens is 2. The smallest absolute Gasteiger partial charge is 0.131 e. The second-order valence-electron chi connectivity index (χ2n) is 7.76. The molecule has 4 heteroatoms. The number of unbranched alkanes of at least 4 members (excludes halogenated alkanes) is 2. The Hall–Kier alpha value is -3.27. The normalized spacial score (nSPS) is 11.1. The number of aryl methyl sites for hydroxylation is 1. The largest absolute Gasteiger partial charge is 0.494 e. The number of aromatic nitrogens is 1. The molecule has 0 saturated heterocycles. The summed E-state index contributed by atoms with van der Waals surface area (Å²) < 4.78 is 34.2. The lowest BCUT2D eigenvalue weighted by molar-refractivity contribution is 0.306. The van der Waals surface area contributed by atoms with Gasteiger partial charge < -0.3 is 4.74 Å². The number of fused-ring (bicyclic) bond motifs is 1. The van der Waals surface area contributed by atoms with Gasteiger partial charge in [0.2, 0.25) is 0 Å². The Morgan fingerprint density at radius 1 is 0.839 bits per heavy atom. The van der Waals surface area contributed by atoms with Gasteiger partial charge in [-0.15, -0.1) is 0 Å². The van der Waals surface area contributed by atoms with E-state index in [2.05, 4.69) is 11.9 Å². The van der Waals surface area contributed by atoms with E-state index in [4.69, 9.17) is 4.74 Å². The van der Waals surface area contributed by atoms with Crippen LogP contribution >= 0.6 is 0 Å². The summed E-state index contributed by atoms with van der Waals surface area (Å²) in [7, 11) is 0. The van der Waals surface area contributed by atoms with Crippen LogP contribution < -0.4 is 4.74 Å². The molecule has 0 saturated carbocycles. The predicted octanol–water partition coefficient (Wildman–Crippen LogP) is 7.72. The molecule has 3 aromatic carbocycles. The van der Waals surface area contributed by atoms with Crippen LogP contribution in [0.3, 0.4) is 0 Å². The molecule has 1 heterocycles. The summed E-state index contributed by atoms with van der Waals surface area (Å²) in [5.74, 6) is 0.190. The van der Waals surface area contributed by atoms with Gasteiger partial charge in [0, 0.05) is 16.5 Å². The molecule has 0 aliphatic rings. The molecule has 0 aliphatic carbocycles. The van der Waals surface area contributed by atoms with Gasteiger partial charge in [0.15, 0.2) is 0 Å². The third-order valence-electron chi connectivity index (χ3n) is 5.42. The van der Waals surface area contributed by atoms with E-state index in [1.165, 1.54) is 18.2 Å². The summed E-state index contributed by atoms with van der Waals surface area (Å²) in [6.45, 7) is 4.76. The molecule has 0 spiro atoms. The van der Waals surface area contributed by atoms with Crippen molar-refractivity contribution >= 4 is 10.9 Å². The van der Waals surface area contributed by atoms with Crippen LogP contribution in [0, 0.1) is 18.6 Å². The third kappa shape index (κ3) is 4.74. The molecule has 158 valence electrons. The van der Waals surface area contributed by atoms with Crippen LogP contribution in [0.2, 0.25) is 0 Å². The summed E-state index contributed by atoms with van der Waals surface area (Å²) in [5, 5.41) is 0.762. The number of ether oxygens (including phenoxy) is 1. The number of benzene rings is 3. The van der Waals surface area contributed by atoms with Crippen molar-refractivity contribution in [2.45, 2.75) is 33.1 Å². The van der Waals surface area contributed by atoms with Gasteiger partial charge in [-0.05, 0) is 66.9 Å². The summed E-state index contributed by atoms with van der Waals surface area (Å²) in [6, 6.07) is 19.0. The summed E-state index contributed by atoms with van der Waals surface area (Å²) >= 11 is 0. The van der Waals surface area contributed by atoms with Crippen molar-refractivity contribution in [2.75, 3.05) is 6.61 Å². The third-order valence-corrected chi connectivity index (χ3v) is 5.42. The fraction of sp³-hybridized carbons (Fsp3) is 0.222. The molecule has 4 aromatic rings. The van der Waals surface area contributed by atoms with Gasteiger partial charge in [0.25, 0.3) is 0 Å². The Morgan fingerprint density at radius 2 is 1.61 bits per heavy atom. The van der Waals surface area contributed by atoms with Crippen molar-refractivity contribution < 1.29 is 13.5 Å². The molecule has 1 aromatic heterocycles. The van der Waals surface area contributed by atoms with E-state index in [1.54, 1.807) is 12.1 Å². The van der Waals surface area contributed by atoms with Gasteiger partial charge in [-0.25, -0.2) is 13.8 Å². The number of nitrogens with zero attached hydrogens (tertiary/aromatic N) is 1. The standard InChI is InChI=1S/C27H25F2NO/c1-3-4-5-14-31-22-10-6-19(7-11-22)23-12-8-20(16-25(23)29)27-15-18(2)24-17-21(28)9-13-26(24)30-27/h6-13,15-17H,3-5,14H2,1-2H3. The van der Waals surface area contributed by atoms with E-state index in [0.29, 0.717) is 28.9 Å². The van der Waals surface area contributed by atoms with Crippen molar-refractivity contribution in [3.8, 4) is 28.1 Å². The Labute approximate surface area is 181 Å². The zero-order valence-electron chi connectivity index (χ0n) is 17.8. The van der Waals surface area contributed by atoms with Crippen LogP contribution in [0.4, 0.5) is 8.78 Å². The van der Waals surface area contributed by atoms with Gasteiger partial charge in [0.05, 0.1) is 17.8 Å². The highest BCUT2D eigenvalue weighted by Crippen LogP contribution is 2.30. The van der Waals surface area contributed by atoms with Crippen molar-refractivity contribution in [3.05, 3.63) is 83.9 Å². The first-order valence-corrected chi connectivity index (χ1v) is 10.6. The maximum atomic E-state index is 15.0. The van der Waals surface area contributed by atoms with Crippen molar-refractivity contribution in [3.63, 3.8) is 0 Å². The van der Waals surface area contributed by atoms with Crippen LogP contribution in [0.15, 0.2) is 66.7 Å². The van der Waals surface area contributed by atoms with Crippen molar-refractivity contribution in [2.24, 2.45) is 0 Å². The van der Waals surface area contributed by atoms with Gasteiger partial charge in [-0.1, -0.05) is 44.0 Å². The lowest BCUT2D eigenvalue weighted by Crippen LogP contribution is -1.96. The van der Waals surface area contributed by atoms with E-state index >= 15 is 0 Å². The first-order chi connectivity index (χ1) is 15.0. The predicted molar refractivity (Wildman–Crippen MR) is 122 cm³/mol. The molecule has 0 unspecified atom stereocenters. The maximum absolute atomic E-state index is 15.0. The number of hydrogen-bond acceptors (Lipinski definition) is 2. The summed E-state index contributed by atoms with van der Waals surface area (Å²) in [4.78, 5) is 4.59. The molecule has 31 heavy (non-hydrogen) atoms. The van der Waals surface area contributed by atoms with Gasteiger partial charge in [-0.3, -0.25) is 0 Å². The van der Waals surface area contributed by atoms with E-state index in [-0.39, 0.29) is 11.6 Å². The zero-order chi connectivity index (χ0) is 21.8. The molecule has 0 N–H and O–H groups in total. The van der Waals surface area contributed by atoms with Gasteiger partial charge >= 0.3 is 0 Å². The van der Waals surface area contributed by atoms with Gasteiger partial charge in [0.1, 0.15) is 17.4 Å². The van der Waals surface area contributed by atoms with Crippen molar-refractivity contribution in [1.82, 2.24) is 4.98 Å². The quantitative estimate of drug-likeness (QED) is 0.287. The maximum Gasteiger partial charge on any atom is 0.131 e. The minimum atomic E-state index is -0.312. The molecule has 0 bridgehead atoms. The molecule has 2 nitrogen and oxygen atoms in total. The van der Waals surface area contributed by atoms with E-state index in [9.17, 15) is 8.78 Å². The van der Waals surface area contributed by atoms with E-state index in [1.807, 2.05) is 43.3 Å². The highest BCUT2D eigenvalue weighted by atomic mass is 19.1. The molecular weight excluding hydrogens is 392 g/mol. The topological polar surface area (TPSA) is 22.1 Å². The number of hydrogen-bond donors (Lipinski definition) is 0. The van der Waals surface area contributed by atoms with Crippen LogP contribution in [0.25, 0.3) is 33.3 Å². The monoisotopic (exact) mass is 417 g/mol. The molecule has 4 rings (SSSR count). The van der Waals surface area contributed by atoms with Crippen LogP contribution in [-0.4, -0.2) is 11.6 Å². The second kappa shape index (κ2) is 9.25. The minimum Gasteiger partial charge on any atom is -0.494 e. The Morgan fingerprint density at radius 3 is 2.35 bits per heavy atom. The fourth-order valence-electron chi connectivity index (χ4n) is 3.70. The minimum absolute atomic E-state index is 0.294. The van der Waals surface area contributed by atoms with E-state index in [0.717, 1.165) is 41.5 Å². The average Bonchev–Trinajstić information content (AvgIpc) is 2.77. The molecule has 0 aliphatic heterocycles. The SMILES string of the molecule is CCCCCOc1ccc(-c2ccc(-c3cc(C)c4cc(F)ccc4n3)cc2F)cc1. The number of rotatable bonds is 7. The lowest BCUT2D eigenvalue weighted by atomic mass is 10.00. The first kappa shape index (κ1) is 21.0. The van der Waals surface area contributed by atoms with Crippen LogP contribution in [-0.2, 0) is 0 Å². The Balaban J connectivity index is 1.57. The Bertz CT molecular complexity index is 1200. The molecule has 0 amide bonds. The van der Waals surface area contributed by atoms with E-state index < -0.39 is 0 Å². The molecule has 0 fully saturated rings. The lowest BCUT2D eigenvalue weighted by Gasteiger charge is -2.10. The van der Waals surface area contributed by atoms with Crippen LogP contribution in [0.5, 0.6) is 5.75 Å². The van der Waals surface area contributed by atoms with Gasteiger partial charge in [-0.2, -0.15) is 0 Å². The van der Waals surface area contributed by atoms with Crippen molar-refractivity contribution in [1.29, 1.82) is 0 Å². The summed E-state index contributed by atoms with van der Waals surface area (Å²) in [5.41, 5.74) is 4.27. The number of pyridine rings is 1. The highest BCUT2D eigenvalue weighted by Gasteiger charge is 2.11. The Kier molecular flexibility index (Phi) is 6.26. The zero-order valence-corrected chi connectivity index (χ0v) is 17.8. The van der Waals surface area contributed by atoms with Crippen LogP contribution in [0.1, 0.15) is 31.7 Å². The fourth-order valence-corrected chi connectivity index (χ4v) is 3.70. The molecular formula is C27H25F2NO. The highest BCUT2D eigenvalue weighted by molar-refractivity contribution is 5.85. The summed E-state index contributed by atoms with van der Waals surface area (Å²) in [6.07, 6.45) is 3.34. The average molecular weight is 417 g/mol. The second-order valence-corrected chi connectivity index (χ2v) is 7.76. The molecule has 0 radical (unpaired) electrons.